The Hall–Kier alpha value is -0.980. The Morgan fingerprint density at radius 3 is 2.59 bits per heavy atom. The van der Waals surface area contributed by atoms with Gasteiger partial charge in [0, 0.05) is 0 Å². The molecule has 0 aliphatic rings. The molecule has 1 heteroatoms. The van der Waals surface area contributed by atoms with Crippen LogP contribution in [-0.4, -0.2) is 6.61 Å². The van der Waals surface area contributed by atoms with Crippen molar-refractivity contribution in [1.82, 2.24) is 0 Å². The van der Waals surface area contributed by atoms with Crippen molar-refractivity contribution in [3.63, 3.8) is 0 Å². The second-order valence-electron chi connectivity index (χ2n) is 4.34. The molecule has 17 heavy (non-hydrogen) atoms. The van der Waals surface area contributed by atoms with Gasteiger partial charge in [-0.3, -0.25) is 0 Å². The van der Waals surface area contributed by atoms with Gasteiger partial charge in [0.2, 0.25) is 0 Å². The van der Waals surface area contributed by atoms with Crippen molar-refractivity contribution in [3.05, 3.63) is 36.6 Å². The molecule has 0 saturated carbocycles. The lowest BCUT2D eigenvalue weighted by Gasteiger charge is -2.15. The van der Waals surface area contributed by atoms with Gasteiger partial charge in [-0.1, -0.05) is 58.8 Å². The molecule has 0 fully saturated rings. The lowest BCUT2D eigenvalue weighted by molar-refractivity contribution is 0.165. The Balaban J connectivity index is 4.13. The summed E-state index contributed by atoms with van der Waals surface area (Å²) < 4.78 is 5.84. The molecular weight excluding hydrogens is 208 g/mol. The van der Waals surface area contributed by atoms with E-state index in [1.807, 2.05) is 12.2 Å². The zero-order valence-electron chi connectivity index (χ0n) is 11.7. The van der Waals surface area contributed by atoms with E-state index >= 15 is 0 Å². The largest absolute Gasteiger partial charge is 0.493 e. The predicted octanol–water partition coefficient (Wildman–Crippen LogP) is 5.26. The van der Waals surface area contributed by atoms with Crippen LogP contribution >= 0.6 is 0 Å². The fraction of sp³-hybridized carbons (Fsp3) is 0.625. The van der Waals surface area contributed by atoms with E-state index in [1.54, 1.807) is 6.08 Å². The van der Waals surface area contributed by atoms with E-state index in [1.165, 1.54) is 25.7 Å². The molecule has 0 spiro atoms. The van der Waals surface area contributed by atoms with Crippen molar-refractivity contribution in [1.29, 1.82) is 0 Å². The first-order valence-electron chi connectivity index (χ1n) is 6.90. The minimum Gasteiger partial charge on any atom is -0.493 e. The predicted molar refractivity (Wildman–Crippen MR) is 77.0 cm³/mol. The van der Waals surface area contributed by atoms with Crippen LogP contribution in [-0.2, 0) is 4.74 Å². The van der Waals surface area contributed by atoms with Crippen LogP contribution in [0.1, 0.15) is 52.9 Å². The van der Waals surface area contributed by atoms with Crippen LogP contribution in [0, 0.1) is 5.92 Å². The molecule has 0 rings (SSSR count). The van der Waals surface area contributed by atoms with E-state index < -0.39 is 0 Å². The fourth-order valence-corrected chi connectivity index (χ4v) is 1.61. The molecule has 1 unspecified atom stereocenters. The number of hydrogen-bond acceptors (Lipinski definition) is 1. The van der Waals surface area contributed by atoms with E-state index in [9.17, 15) is 0 Å². The zero-order valence-corrected chi connectivity index (χ0v) is 11.7. The highest BCUT2D eigenvalue weighted by atomic mass is 16.5. The summed E-state index contributed by atoms with van der Waals surface area (Å²) in [5, 5.41) is 0. The highest BCUT2D eigenvalue weighted by Gasteiger charge is 2.06. The van der Waals surface area contributed by atoms with Crippen LogP contribution in [0.3, 0.4) is 0 Å². The number of ether oxygens (including phenoxy) is 1. The quantitative estimate of drug-likeness (QED) is 0.371. The van der Waals surface area contributed by atoms with Crippen LogP contribution in [0.15, 0.2) is 36.6 Å². The van der Waals surface area contributed by atoms with Gasteiger partial charge in [0.25, 0.3) is 0 Å². The Morgan fingerprint density at radius 1 is 1.29 bits per heavy atom. The molecule has 1 nitrogen and oxygen atoms in total. The first-order chi connectivity index (χ1) is 8.28. The average molecular weight is 236 g/mol. The van der Waals surface area contributed by atoms with Gasteiger partial charge >= 0.3 is 0 Å². The molecule has 98 valence electrons. The van der Waals surface area contributed by atoms with Crippen LogP contribution < -0.4 is 0 Å². The van der Waals surface area contributed by atoms with Gasteiger partial charge in [-0.15, -0.1) is 0 Å². The van der Waals surface area contributed by atoms with Crippen LogP contribution in [0.2, 0.25) is 0 Å². The standard InChI is InChI=1S/C16H28O/c1-5-9-12-15(8-4)14-17-16(11-7-3)13-10-6-2/h7,10-11,13,15H,3,5-6,8-9,12,14H2,1-2,4H3/b13-10-,16-11+. The highest BCUT2D eigenvalue weighted by molar-refractivity contribution is 5.16. The molecule has 0 aliphatic heterocycles. The van der Waals surface area contributed by atoms with Crippen molar-refractivity contribution >= 4 is 0 Å². The maximum Gasteiger partial charge on any atom is 0.118 e. The third kappa shape index (κ3) is 8.79. The molecular formula is C16H28O. The molecule has 0 aromatic heterocycles. The summed E-state index contributed by atoms with van der Waals surface area (Å²) in [5.74, 6) is 1.61. The summed E-state index contributed by atoms with van der Waals surface area (Å²) in [6.45, 7) is 11.1. The smallest absolute Gasteiger partial charge is 0.118 e. The third-order valence-electron chi connectivity index (χ3n) is 2.83. The van der Waals surface area contributed by atoms with E-state index in [0.29, 0.717) is 5.92 Å². The minimum atomic E-state index is 0.679. The van der Waals surface area contributed by atoms with Crippen LogP contribution in [0.5, 0.6) is 0 Å². The Morgan fingerprint density at radius 2 is 2.06 bits per heavy atom. The first-order valence-corrected chi connectivity index (χ1v) is 6.90. The Kier molecular flexibility index (Phi) is 10.8. The maximum atomic E-state index is 5.84. The Bertz CT molecular complexity index is 238. The van der Waals surface area contributed by atoms with Gasteiger partial charge in [-0.2, -0.15) is 0 Å². The molecule has 0 amide bonds. The molecule has 1 atom stereocenters. The third-order valence-corrected chi connectivity index (χ3v) is 2.83. The number of unbranched alkanes of at least 4 members (excludes halogenated alkanes) is 1. The van der Waals surface area contributed by atoms with Crippen molar-refractivity contribution in [2.75, 3.05) is 6.61 Å². The van der Waals surface area contributed by atoms with Crippen molar-refractivity contribution in [3.8, 4) is 0 Å². The summed E-state index contributed by atoms with van der Waals surface area (Å²) in [4.78, 5) is 0. The highest BCUT2D eigenvalue weighted by Crippen LogP contribution is 2.15. The second-order valence-corrected chi connectivity index (χ2v) is 4.34. The number of allylic oxidation sites excluding steroid dienone is 4. The molecule has 0 saturated heterocycles. The first kappa shape index (κ1) is 16.0. The van der Waals surface area contributed by atoms with Crippen LogP contribution in [0.4, 0.5) is 0 Å². The number of rotatable bonds is 10. The van der Waals surface area contributed by atoms with Crippen molar-refractivity contribution in [2.24, 2.45) is 5.92 Å². The van der Waals surface area contributed by atoms with Gasteiger partial charge in [0.1, 0.15) is 5.76 Å². The SMILES string of the molecule is C=C/C=C(\C=C/CC)OCC(CC)CCCC. The molecule has 0 aromatic carbocycles. The molecule has 0 N–H and O–H groups in total. The van der Waals surface area contributed by atoms with Gasteiger partial charge in [-0.25, -0.2) is 0 Å². The topological polar surface area (TPSA) is 9.23 Å². The lowest BCUT2D eigenvalue weighted by atomic mass is 10.0. The van der Waals surface area contributed by atoms with Gasteiger partial charge in [0.15, 0.2) is 0 Å². The van der Waals surface area contributed by atoms with E-state index in [-0.39, 0.29) is 0 Å². The fourth-order valence-electron chi connectivity index (χ4n) is 1.61. The summed E-state index contributed by atoms with van der Waals surface area (Å²) >= 11 is 0. The van der Waals surface area contributed by atoms with Crippen molar-refractivity contribution < 1.29 is 4.74 Å². The van der Waals surface area contributed by atoms with Crippen molar-refractivity contribution in [2.45, 2.75) is 52.9 Å². The summed E-state index contributed by atoms with van der Waals surface area (Å²) in [6, 6.07) is 0. The van der Waals surface area contributed by atoms with E-state index in [0.717, 1.165) is 18.8 Å². The summed E-state index contributed by atoms with van der Waals surface area (Å²) in [6.07, 6.45) is 13.9. The monoisotopic (exact) mass is 236 g/mol. The normalized spacial score (nSPS) is 13.9. The zero-order chi connectivity index (χ0) is 12.9. The number of hydrogen-bond donors (Lipinski definition) is 0. The summed E-state index contributed by atoms with van der Waals surface area (Å²) in [5.41, 5.74) is 0. The van der Waals surface area contributed by atoms with E-state index in [2.05, 4.69) is 33.4 Å². The molecule has 0 heterocycles. The van der Waals surface area contributed by atoms with Gasteiger partial charge < -0.3 is 4.74 Å². The minimum absolute atomic E-state index is 0.679. The molecule has 0 aliphatic carbocycles. The van der Waals surface area contributed by atoms with Gasteiger partial charge in [-0.05, 0) is 30.9 Å². The molecule has 0 radical (unpaired) electrons. The van der Waals surface area contributed by atoms with Gasteiger partial charge in [0.05, 0.1) is 6.61 Å². The average Bonchev–Trinajstić information content (AvgIpc) is 2.35. The Labute approximate surface area is 107 Å². The lowest BCUT2D eigenvalue weighted by Crippen LogP contribution is -2.08. The van der Waals surface area contributed by atoms with E-state index in [4.69, 9.17) is 4.74 Å². The molecule has 0 bridgehead atoms. The maximum absolute atomic E-state index is 5.84. The summed E-state index contributed by atoms with van der Waals surface area (Å²) in [7, 11) is 0. The van der Waals surface area contributed by atoms with Crippen LogP contribution in [0.25, 0.3) is 0 Å². The second kappa shape index (κ2) is 11.5. The molecule has 0 aromatic rings.